The molecule has 0 spiro atoms. The fraction of sp³-hybridized carbons (Fsp3) is 0.900. The molecule has 13 heavy (non-hydrogen) atoms. The van der Waals surface area contributed by atoms with Gasteiger partial charge in [0.15, 0.2) is 0 Å². The number of β-amino-alcohol motifs (C(OH)–C–C–N with tert-alkyl or cyclic N) is 1. The Balaban J connectivity index is 2.37. The van der Waals surface area contributed by atoms with Crippen molar-refractivity contribution in [1.82, 2.24) is 4.90 Å². The van der Waals surface area contributed by atoms with Crippen LogP contribution in [0.25, 0.3) is 0 Å². The highest BCUT2D eigenvalue weighted by Gasteiger charge is 2.44. The second-order valence-corrected chi connectivity index (χ2v) is 4.37. The third-order valence-electron chi connectivity index (χ3n) is 3.04. The molecule has 0 aromatic rings. The first-order valence-corrected chi connectivity index (χ1v) is 4.83. The zero-order valence-corrected chi connectivity index (χ0v) is 8.62. The highest BCUT2D eigenvalue weighted by molar-refractivity contribution is 5.00. The van der Waals surface area contributed by atoms with E-state index in [-0.39, 0.29) is 6.04 Å². The Hall–Kier alpha value is -0.590. The van der Waals surface area contributed by atoms with Crippen molar-refractivity contribution in [3.05, 3.63) is 0 Å². The molecule has 0 saturated carbocycles. The van der Waals surface area contributed by atoms with E-state index in [0.29, 0.717) is 25.4 Å². The lowest BCUT2D eigenvalue weighted by Gasteiger charge is -2.51. The molecule has 0 aromatic heterocycles. The van der Waals surface area contributed by atoms with Gasteiger partial charge in [-0.1, -0.05) is 13.8 Å². The minimum Gasteiger partial charge on any atom is -0.387 e. The van der Waals surface area contributed by atoms with Crippen molar-refractivity contribution >= 4 is 0 Å². The number of nitrogens with zero attached hydrogens (tertiary/aromatic N) is 2. The predicted molar refractivity (Wildman–Crippen MR) is 51.1 cm³/mol. The van der Waals surface area contributed by atoms with Gasteiger partial charge in [-0.25, -0.2) is 0 Å². The van der Waals surface area contributed by atoms with E-state index in [2.05, 4.69) is 11.0 Å². The van der Waals surface area contributed by atoms with Crippen LogP contribution in [0.1, 0.15) is 27.2 Å². The lowest BCUT2D eigenvalue weighted by atomic mass is 9.82. The molecule has 1 aliphatic rings. The van der Waals surface area contributed by atoms with Crippen molar-refractivity contribution in [2.45, 2.75) is 38.8 Å². The summed E-state index contributed by atoms with van der Waals surface area (Å²) < 4.78 is 0. The summed E-state index contributed by atoms with van der Waals surface area (Å²) in [4.78, 5) is 2.16. The zero-order chi connectivity index (χ0) is 10.1. The van der Waals surface area contributed by atoms with Crippen LogP contribution >= 0.6 is 0 Å². The first-order chi connectivity index (χ1) is 5.99. The molecule has 1 N–H and O–H groups in total. The Bertz CT molecular complexity index is 213. The molecule has 0 amide bonds. The molecule has 1 unspecified atom stereocenters. The Morgan fingerprint density at radius 1 is 1.46 bits per heavy atom. The maximum Gasteiger partial charge on any atom is 0.0923 e. The summed E-state index contributed by atoms with van der Waals surface area (Å²) in [7, 11) is 0. The van der Waals surface area contributed by atoms with Gasteiger partial charge in [0, 0.05) is 19.1 Å². The molecule has 0 radical (unpaired) electrons. The average molecular weight is 182 g/mol. The summed E-state index contributed by atoms with van der Waals surface area (Å²) in [5, 5.41) is 18.5. The van der Waals surface area contributed by atoms with Crippen LogP contribution in [0.3, 0.4) is 0 Å². The van der Waals surface area contributed by atoms with Gasteiger partial charge in [-0.15, -0.1) is 0 Å². The Labute approximate surface area is 80.0 Å². The lowest BCUT2D eigenvalue weighted by molar-refractivity contribution is -0.139. The van der Waals surface area contributed by atoms with Crippen LogP contribution in [-0.4, -0.2) is 34.7 Å². The molecule has 1 fully saturated rings. The average Bonchev–Trinajstić information content (AvgIpc) is 1.98. The molecule has 1 atom stereocenters. The third-order valence-corrected chi connectivity index (χ3v) is 3.04. The third kappa shape index (κ3) is 2.01. The quantitative estimate of drug-likeness (QED) is 0.708. The monoisotopic (exact) mass is 182 g/mol. The Morgan fingerprint density at radius 3 is 2.38 bits per heavy atom. The molecule has 1 rings (SSSR count). The number of rotatable bonds is 3. The SMILES string of the molecule is CC(CC#N)N1CC(O)(C(C)C)C1. The van der Waals surface area contributed by atoms with E-state index in [0.717, 1.165) is 0 Å². The van der Waals surface area contributed by atoms with Crippen molar-refractivity contribution < 1.29 is 5.11 Å². The van der Waals surface area contributed by atoms with E-state index < -0.39 is 5.60 Å². The molecule has 3 nitrogen and oxygen atoms in total. The van der Waals surface area contributed by atoms with Crippen molar-refractivity contribution in [3.63, 3.8) is 0 Å². The van der Waals surface area contributed by atoms with E-state index in [1.807, 2.05) is 20.8 Å². The second kappa shape index (κ2) is 3.65. The van der Waals surface area contributed by atoms with Gasteiger partial charge in [0.05, 0.1) is 18.1 Å². The van der Waals surface area contributed by atoms with Crippen LogP contribution in [0.5, 0.6) is 0 Å². The van der Waals surface area contributed by atoms with Crippen LogP contribution in [-0.2, 0) is 0 Å². The maximum absolute atomic E-state index is 9.95. The molecule has 1 saturated heterocycles. The summed E-state index contributed by atoms with van der Waals surface area (Å²) >= 11 is 0. The first-order valence-electron chi connectivity index (χ1n) is 4.83. The summed E-state index contributed by atoms with van der Waals surface area (Å²) in [6.45, 7) is 7.53. The van der Waals surface area contributed by atoms with Gasteiger partial charge in [0.2, 0.25) is 0 Å². The van der Waals surface area contributed by atoms with Gasteiger partial charge in [-0.3, -0.25) is 4.90 Å². The molecule has 1 aliphatic heterocycles. The van der Waals surface area contributed by atoms with Crippen molar-refractivity contribution in [2.75, 3.05) is 13.1 Å². The minimum absolute atomic E-state index is 0.282. The van der Waals surface area contributed by atoms with Gasteiger partial charge < -0.3 is 5.11 Å². The van der Waals surface area contributed by atoms with Crippen molar-refractivity contribution in [1.29, 1.82) is 5.26 Å². The fourth-order valence-electron chi connectivity index (χ4n) is 1.60. The lowest BCUT2D eigenvalue weighted by Crippen LogP contribution is -2.66. The standard InChI is InChI=1S/C10H18N2O/c1-8(2)10(13)6-12(7-10)9(3)4-5-11/h8-9,13H,4,6-7H2,1-3H3. The fourth-order valence-corrected chi connectivity index (χ4v) is 1.60. The number of nitriles is 1. The van der Waals surface area contributed by atoms with Crippen LogP contribution in [0.2, 0.25) is 0 Å². The molecular formula is C10H18N2O. The molecular weight excluding hydrogens is 164 g/mol. The van der Waals surface area contributed by atoms with Crippen LogP contribution in [0, 0.1) is 17.2 Å². The van der Waals surface area contributed by atoms with E-state index in [1.165, 1.54) is 0 Å². The minimum atomic E-state index is -0.510. The van der Waals surface area contributed by atoms with E-state index >= 15 is 0 Å². The smallest absolute Gasteiger partial charge is 0.0923 e. The second-order valence-electron chi connectivity index (χ2n) is 4.37. The molecule has 74 valence electrons. The predicted octanol–water partition coefficient (Wildman–Crippen LogP) is 0.991. The highest BCUT2D eigenvalue weighted by Crippen LogP contribution is 2.30. The summed E-state index contributed by atoms with van der Waals surface area (Å²) in [5.74, 6) is 0.304. The van der Waals surface area contributed by atoms with Crippen molar-refractivity contribution in [2.24, 2.45) is 5.92 Å². The maximum atomic E-state index is 9.95. The van der Waals surface area contributed by atoms with Crippen LogP contribution < -0.4 is 0 Å². The van der Waals surface area contributed by atoms with E-state index in [1.54, 1.807) is 0 Å². The Morgan fingerprint density at radius 2 is 2.00 bits per heavy atom. The number of hydrogen-bond acceptors (Lipinski definition) is 3. The molecule has 0 aromatic carbocycles. The van der Waals surface area contributed by atoms with Gasteiger partial charge in [-0.2, -0.15) is 5.26 Å². The molecule has 3 heteroatoms. The number of hydrogen-bond donors (Lipinski definition) is 1. The molecule has 0 aliphatic carbocycles. The zero-order valence-electron chi connectivity index (χ0n) is 8.62. The summed E-state index contributed by atoms with van der Waals surface area (Å²) in [5.41, 5.74) is -0.510. The van der Waals surface area contributed by atoms with Crippen molar-refractivity contribution in [3.8, 4) is 6.07 Å². The normalized spacial score (nSPS) is 23.7. The largest absolute Gasteiger partial charge is 0.387 e. The van der Waals surface area contributed by atoms with E-state index in [9.17, 15) is 5.11 Å². The van der Waals surface area contributed by atoms with Gasteiger partial charge in [0.1, 0.15) is 0 Å². The Kier molecular flexibility index (Phi) is 2.94. The topological polar surface area (TPSA) is 47.3 Å². The van der Waals surface area contributed by atoms with Gasteiger partial charge >= 0.3 is 0 Å². The highest BCUT2D eigenvalue weighted by atomic mass is 16.3. The summed E-state index contributed by atoms with van der Waals surface area (Å²) in [6.07, 6.45) is 0.550. The van der Waals surface area contributed by atoms with Crippen LogP contribution in [0.4, 0.5) is 0 Å². The molecule has 1 heterocycles. The van der Waals surface area contributed by atoms with Gasteiger partial charge in [0.25, 0.3) is 0 Å². The summed E-state index contributed by atoms with van der Waals surface area (Å²) in [6, 6.07) is 2.43. The molecule has 0 bridgehead atoms. The number of likely N-dealkylation sites (tertiary alicyclic amines) is 1. The number of aliphatic hydroxyl groups is 1. The first kappa shape index (κ1) is 10.5. The van der Waals surface area contributed by atoms with E-state index in [4.69, 9.17) is 5.26 Å². The van der Waals surface area contributed by atoms with Crippen LogP contribution in [0.15, 0.2) is 0 Å². The van der Waals surface area contributed by atoms with Gasteiger partial charge in [-0.05, 0) is 12.8 Å².